The molecule has 1 N–H and O–H groups in total. The molecular formula is C16H12F4N4O. The average molecular weight is 352 g/mol. The molecular weight excluding hydrogens is 340 g/mol. The van der Waals surface area contributed by atoms with Gasteiger partial charge in [0.2, 0.25) is 0 Å². The van der Waals surface area contributed by atoms with E-state index in [1.165, 1.54) is 17.0 Å². The number of nitrogens with zero attached hydrogens (tertiary/aromatic N) is 3. The summed E-state index contributed by atoms with van der Waals surface area (Å²) < 4.78 is 53.1. The lowest BCUT2D eigenvalue weighted by molar-refractivity contribution is -0.137. The highest BCUT2D eigenvalue weighted by Gasteiger charge is 2.31. The second-order valence-corrected chi connectivity index (χ2v) is 5.45. The maximum atomic E-state index is 13.9. The van der Waals surface area contributed by atoms with Crippen molar-refractivity contribution in [1.82, 2.24) is 19.5 Å². The van der Waals surface area contributed by atoms with E-state index in [1.807, 2.05) is 0 Å². The van der Waals surface area contributed by atoms with Crippen LogP contribution in [-0.4, -0.2) is 19.5 Å². The van der Waals surface area contributed by atoms with Crippen LogP contribution in [0.4, 0.5) is 17.6 Å². The first kappa shape index (κ1) is 16.9. The highest BCUT2D eigenvalue weighted by molar-refractivity contribution is 5.52. The lowest BCUT2D eigenvalue weighted by Gasteiger charge is -2.09. The van der Waals surface area contributed by atoms with Gasteiger partial charge in [0.15, 0.2) is 0 Å². The summed E-state index contributed by atoms with van der Waals surface area (Å²) in [6.07, 6.45) is -1.66. The van der Waals surface area contributed by atoms with E-state index in [4.69, 9.17) is 0 Å². The van der Waals surface area contributed by atoms with Gasteiger partial charge in [-0.05, 0) is 19.1 Å². The summed E-state index contributed by atoms with van der Waals surface area (Å²) in [6, 6.07) is 3.67. The lowest BCUT2D eigenvalue weighted by Crippen LogP contribution is -2.08. The fraction of sp³-hybridized carbons (Fsp3) is 0.188. The molecule has 0 unspecified atom stereocenters. The number of hydrogen-bond acceptors (Lipinski definition) is 3. The summed E-state index contributed by atoms with van der Waals surface area (Å²) in [5.74, 6) is -0.527. The molecule has 5 nitrogen and oxygen atoms in total. The summed E-state index contributed by atoms with van der Waals surface area (Å²) in [5.41, 5.74) is -0.518. The van der Waals surface area contributed by atoms with Crippen molar-refractivity contribution in [1.29, 1.82) is 0 Å². The largest absolute Gasteiger partial charge is 0.416 e. The smallest absolute Gasteiger partial charge is 0.332 e. The van der Waals surface area contributed by atoms with Gasteiger partial charge in [-0.15, -0.1) is 0 Å². The van der Waals surface area contributed by atoms with Crippen LogP contribution in [0.5, 0.6) is 0 Å². The third-order valence-corrected chi connectivity index (χ3v) is 3.49. The van der Waals surface area contributed by atoms with Gasteiger partial charge < -0.3 is 9.55 Å². The SMILES string of the molecule is Cc1nc(-c2cn(Cc3ccc(C(F)(F)F)cc3F)cn2)cc(=O)[nH]1. The molecule has 0 aliphatic rings. The third-order valence-electron chi connectivity index (χ3n) is 3.49. The van der Waals surface area contributed by atoms with Crippen LogP contribution in [-0.2, 0) is 12.7 Å². The molecule has 0 radical (unpaired) electrons. The molecule has 0 spiro atoms. The molecule has 0 aliphatic heterocycles. The normalized spacial score (nSPS) is 11.7. The van der Waals surface area contributed by atoms with Crippen LogP contribution in [0.15, 0.2) is 41.6 Å². The molecule has 0 saturated carbocycles. The fourth-order valence-corrected chi connectivity index (χ4v) is 2.34. The van der Waals surface area contributed by atoms with E-state index in [-0.39, 0.29) is 17.7 Å². The molecule has 9 heteroatoms. The highest BCUT2D eigenvalue weighted by atomic mass is 19.4. The Labute approximate surface area is 139 Å². The van der Waals surface area contributed by atoms with Crippen molar-refractivity contribution in [3.63, 3.8) is 0 Å². The molecule has 2 aromatic heterocycles. The number of H-pyrrole nitrogens is 1. The molecule has 3 rings (SSSR count). The Balaban J connectivity index is 1.85. The van der Waals surface area contributed by atoms with Crippen molar-refractivity contribution in [2.45, 2.75) is 19.6 Å². The molecule has 3 aromatic rings. The van der Waals surface area contributed by atoms with Gasteiger partial charge in [-0.25, -0.2) is 14.4 Å². The van der Waals surface area contributed by atoms with E-state index < -0.39 is 17.6 Å². The maximum absolute atomic E-state index is 13.9. The zero-order chi connectivity index (χ0) is 18.2. The number of halogens is 4. The Morgan fingerprint density at radius 2 is 1.96 bits per heavy atom. The number of hydrogen-bond donors (Lipinski definition) is 1. The number of aromatic amines is 1. The molecule has 0 bridgehead atoms. The predicted molar refractivity (Wildman–Crippen MR) is 81.3 cm³/mol. The van der Waals surface area contributed by atoms with Crippen LogP contribution < -0.4 is 5.56 Å². The minimum Gasteiger partial charge on any atom is -0.332 e. The Hall–Kier alpha value is -2.97. The number of benzene rings is 1. The first-order chi connectivity index (χ1) is 11.7. The van der Waals surface area contributed by atoms with Gasteiger partial charge in [-0.2, -0.15) is 13.2 Å². The summed E-state index contributed by atoms with van der Waals surface area (Å²) in [6.45, 7) is 1.62. The minimum atomic E-state index is -4.59. The van der Waals surface area contributed by atoms with Crippen molar-refractivity contribution >= 4 is 0 Å². The highest BCUT2D eigenvalue weighted by Crippen LogP contribution is 2.30. The van der Waals surface area contributed by atoms with E-state index in [1.54, 1.807) is 13.1 Å². The number of rotatable bonds is 3. The lowest BCUT2D eigenvalue weighted by atomic mass is 10.1. The van der Waals surface area contributed by atoms with Crippen molar-refractivity contribution < 1.29 is 17.6 Å². The first-order valence-corrected chi connectivity index (χ1v) is 7.18. The molecule has 25 heavy (non-hydrogen) atoms. The second kappa shape index (κ2) is 6.15. The number of aryl methyl sites for hydroxylation is 1. The topological polar surface area (TPSA) is 63.6 Å². The van der Waals surface area contributed by atoms with Gasteiger partial charge in [0, 0.05) is 17.8 Å². The Bertz CT molecular complexity index is 975. The van der Waals surface area contributed by atoms with Gasteiger partial charge in [0.25, 0.3) is 5.56 Å². The van der Waals surface area contributed by atoms with Crippen LogP contribution in [0, 0.1) is 12.7 Å². The Kier molecular flexibility index (Phi) is 4.15. The predicted octanol–water partition coefficient (Wildman–Crippen LogP) is 3.15. The summed E-state index contributed by atoms with van der Waals surface area (Å²) in [4.78, 5) is 22.2. The first-order valence-electron chi connectivity index (χ1n) is 7.18. The summed E-state index contributed by atoms with van der Waals surface area (Å²) in [7, 11) is 0. The Morgan fingerprint density at radius 1 is 1.20 bits per heavy atom. The van der Waals surface area contributed by atoms with E-state index in [0.29, 0.717) is 23.3 Å². The van der Waals surface area contributed by atoms with Crippen molar-refractivity contribution in [3.05, 3.63) is 69.9 Å². The van der Waals surface area contributed by atoms with E-state index in [9.17, 15) is 22.4 Å². The summed E-state index contributed by atoms with van der Waals surface area (Å²) >= 11 is 0. The monoisotopic (exact) mass is 352 g/mol. The van der Waals surface area contributed by atoms with Gasteiger partial charge in [-0.1, -0.05) is 6.07 Å². The van der Waals surface area contributed by atoms with Crippen molar-refractivity contribution in [2.24, 2.45) is 0 Å². The number of alkyl halides is 3. The van der Waals surface area contributed by atoms with E-state index >= 15 is 0 Å². The summed E-state index contributed by atoms with van der Waals surface area (Å²) in [5, 5.41) is 0. The number of nitrogens with one attached hydrogen (secondary N) is 1. The zero-order valence-electron chi connectivity index (χ0n) is 12.9. The molecule has 130 valence electrons. The van der Waals surface area contributed by atoms with Crippen molar-refractivity contribution in [2.75, 3.05) is 0 Å². The van der Waals surface area contributed by atoms with Crippen LogP contribution in [0.2, 0.25) is 0 Å². The van der Waals surface area contributed by atoms with Gasteiger partial charge >= 0.3 is 6.18 Å². The number of imidazole rings is 1. The van der Waals surface area contributed by atoms with Crippen LogP contribution in [0.3, 0.4) is 0 Å². The van der Waals surface area contributed by atoms with E-state index in [2.05, 4.69) is 15.0 Å². The van der Waals surface area contributed by atoms with Gasteiger partial charge in [0.05, 0.1) is 24.1 Å². The fourth-order valence-electron chi connectivity index (χ4n) is 2.34. The third kappa shape index (κ3) is 3.76. The molecule has 0 saturated heterocycles. The van der Waals surface area contributed by atoms with E-state index in [0.717, 1.165) is 12.1 Å². The minimum absolute atomic E-state index is 0.000850. The standard InChI is InChI=1S/C16H12F4N4O/c1-9-22-13(5-15(25)23-9)14-7-24(8-21-14)6-10-2-3-11(4-12(10)17)16(18,19)20/h2-5,7-8H,6H2,1H3,(H,22,23,25). The zero-order valence-corrected chi connectivity index (χ0v) is 12.9. The maximum Gasteiger partial charge on any atom is 0.416 e. The molecule has 0 amide bonds. The van der Waals surface area contributed by atoms with Crippen LogP contribution >= 0.6 is 0 Å². The molecule has 0 fully saturated rings. The van der Waals surface area contributed by atoms with Crippen LogP contribution in [0.25, 0.3) is 11.4 Å². The molecule has 0 atom stereocenters. The molecule has 0 aliphatic carbocycles. The molecule has 2 heterocycles. The second-order valence-electron chi connectivity index (χ2n) is 5.45. The van der Waals surface area contributed by atoms with Gasteiger partial charge in [0.1, 0.15) is 17.3 Å². The van der Waals surface area contributed by atoms with Crippen LogP contribution in [0.1, 0.15) is 17.0 Å². The quantitative estimate of drug-likeness (QED) is 0.737. The molecule has 1 aromatic carbocycles. The average Bonchev–Trinajstić information content (AvgIpc) is 2.96. The Morgan fingerprint density at radius 3 is 2.60 bits per heavy atom. The number of aromatic nitrogens is 4. The van der Waals surface area contributed by atoms with Crippen molar-refractivity contribution in [3.8, 4) is 11.4 Å². The van der Waals surface area contributed by atoms with Gasteiger partial charge in [-0.3, -0.25) is 4.79 Å².